The molecule has 0 aliphatic heterocycles. The van der Waals surface area contributed by atoms with Crippen molar-refractivity contribution in [2.24, 2.45) is 40.4 Å². The number of alkyl halides is 1. The van der Waals surface area contributed by atoms with Crippen LogP contribution in [0, 0.1) is 40.4 Å². The molecule has 0 amide bonds. The van der Waals surface area contributed by atoms with E-state index in [1.807, 2.05) is 0 Å². The van der Waals surface area contributed by atoms with Crippen molar-refractivity contribution in [3.05, 3.63) is 23.3 Å². The molecule has 0 aromatic carbocycles. The van der Waals surface area contributed by atoms with Crippen LogP contribution in [0.1, 0.15) is 52.9 Å². The van der Waals surface area contributed by atoms with Gasteiger partial charge in [0.2, 0.25) is 0 Å². The monoisotopic (exact) mass is 314 g/mol. The third kappa shape index (κ3) is 1.61. The Balaban J connectivity index is 1.61. The molecule has 5 aliphatic carbocycles. The molecule has 23 heavy (non-hydrogen) atoms. The number of hydrogen-bond acceptors (Lipinski definition) is 1. The minimum atomic E-state index is -0.816. The van der Waals surface area contributed by atoms with E-state index in [1.165, 1.54) is 11.1 Å². The topological polar surface area (TPSA) is 17.1 Å². The van der Waals surface area contributed by atoms with Crippen LogP contribution in [0.3, 0.4) is 0 Å². The Morgan fingerprint density at radius 1 is 1.17 bits per heavy atom. The highest BCUT2D eigenvalue weighted by Crippen LogP contribution is 2.71. The van der Waals surface area contributed by atoms with Crippen LogP contribution in [0.5, 0.6) is 0 Å². The van der Waals surface area contributed by atoms with E-state index in [0.717, 1.165) is 25.7 Å². The van der Waals surface area contributed by atoms with Crippen LogP contribution >= 0.6 is 0 Å². The molecule has 3 saturated carbocycles. The molecule has 1 nitrogen and oxygen atoms in total. The molecule has 0 N–H and O–H groups in total. The minimum absolute atomic E-state index is 0.0147. The molecule has 124 valence electrons. The summed E-state index contributed by atoms with van der Waals surface area (Å²) in [6, 6.07) is 0. The fraction of sp³-hybridized carbons (Fsp3) is 0.762. The van der Waals surface area contributed by atoms with Gasteiger partial charge in [-0.15, -0.1) is 0 Å². The van der Waals surface area contributed by atoms with E-state index in [2.05, 4.69) is 32.9 Å². The summed E-state index contributed by atoms with van der Waals surface area (Å²) in [6.45, 7) is 6.58. The largest absolute Gasteiger partial charge is 0.299 e. The van der Waals surface area contributed by atoms with Gasteiger partial charge in [0.25, 0.3) is 0 Å². The Hall–Kier alpha value is -0.920. The van der Waals surface area contributed by atoms with Crippen molar-refractivity contribution in [1.29, 1.82) is 0 Å². The van der Waals surface area contributed by atoms with E-state index in [0.29, 0.717) is 30.0 Å². The van der Waals surface area contributed by atoms with Crippen molar-refractivity contribution in [3.8, 4) is 0 Å². The first-order valence-electron chi connectivity index (χ1n) is 9.42. The Kier molecular flexibility index (Phi) is 2.62. The molecule has 8 atom stereocenters. The van der Waals surface area contributed by atoms with Crippen molar-refractivity contribution in [1.82, 2.24) is 0 Å². The highest BCUT2D eigenvalue weighted by atomic mass is 19.1. The predicted octanol–water partition coefficient (Wildman–Crippen LogP) is 4.88. The van der Waals surface area contributed by atoms with Crippen LogP contribution in [0.2, 0.25) is 0 Å². The number of rotatable bonds is 0. The smallest absolute Gasteiger partial charge is 0.142 e. The van der Waals surface area contributed by atoms with Gasteiger partial charge in [0.15, 0.2) is 0 Å². The lowest BCUT2D eigenvalue weighted by molar-refractivity contribution is -0.141. The molecule has 5 aliphatic rings. The number of carbonyl (C=O) groups is 1. The molecule has 0 aromatic heterocycles. The highest BCUT2D eigenvalue weighted by Gasteiger charge is 2.71. The van der Waals surface area contributed by atoms with Crippen molar-refractivity contribution >= 4 is 5.78 Å². The zero-order valence-corrected chi connectivity index (χ0v) is 14.4. The lowest BCUT2D eigenvalue weighted by Crippen LogP contribution is -2.55. The normalized spacial score (nSPS) is 56.8. The zero-order chi connectivity index (χ0) is 16.1. The van der Waals surface area contributed by atoms with Gasteiger partial charge < -0.3 is 0 Å². The number of carbonyl (C=O) groups excluding carboxylic acids is 1. The van der Waals surface area contributed by atoms with Crippen LogP contribution in [0.15, 0.2) is 23.3 Å². The quantitative estimate of drug-likeness (QED) is 0.623. The minimum Gasteiger partial charge on any atom is -0.299 e. The Labute approximate surface area is 138 Å². The van der Waals surface area contributed by atoms with Gasteiger partial charge in [-0.2, -0.15) is 0 Å². The molecule has 0 saturated heterocycles. The fourth-order valence-corrected chi connectivity index (χ4v) is 7.21. The molecule has 2 heteroatoms. The maximum atomic E-state index is 15.4. The van der Waals surface area contributed by atoms with Gasteiger partial charge in [0.05, 0.1) is 0 Å². The van der Waals surface area contributed by atoms with Gasteiger partial charge in [-0.25, -0.2) is 4.39 Å². The Morgan fingerprint density at radius 3 is 2.74 bits per heavy atom. The van der Waals surface area contributed by atoms with E-state index in [9.17, 15) is 4.79 Å². The molecule has 0 aromatic rings. The predicted molar refractivity (Wildman–Crippen MR) is 88.5 cm³/mol. The van der Waals surface area contributed by atoms with Crippen molar-refractivity contribution in [2.45, 2.75) is 59.0 Å². The standard InChI is InChI=1S/C21H27FO/c1-11-6-7-20(2)12(8-11)4-5-13-17-14-9-15(14)19(23)21(17,3)10-16(22)18(13)20/h4,8,13-18H,5-7,9-10H2,1-3H3/t13?,14-,15+,16+,17?,18?,20+,21+/m1/s1. The van der Waals surface area contributed by atoms with E-state index in [4.69, 9.17) is 0 Å². The molecule has 0 bridgehead atoms. The molecule has 3 fully saturated rings. The number of allylic oxidation sites excluding steroid dienone is 4. The van der Waals surface area contributed by atoms with E-state index >= 15 is 4.39 Å². The van der Waals surface area contributed by atoms with Crippen molar-refractivity contribution in [2.75, 3.05) is 0 Å². The van der Waals surface area contributed by atoms with Gasteiger partial charge in [-0.3, -0.25) is 4.79 Å². The lowest BCUT2D eigenvalue weighted by Gasteiger charge is -2.57. The average Bonchev–Trinajstić information content (AvgIpc) is 3.22. The maximum Gasteiger partial charge on any atom is 0.142 e. The highest BCUT2D eigenvalue weighted by molar-refractivity contribution is 5.93. The van der Waals surface area contributed by atoms with Gasteiger partial charge in [0.1, 0.15) is 12.0 Å². The summed E-state index contributed by atoms with van der Waals surface area (Å²) >= 11 is 0. The van der Waals surface area contributed by atoms with Crippen LogP contribution in [0.25, 0.3) is 0 Å². The van der Waals surface area contributed by atoms with Crippen molar-refractivity contribution in [3.63, 3.8) is 0 Å². The van der Waals surface area contributed by atoms with Gasteiger partial charge in [0, 0.05) is 17.3 Å². The summed E-state index contributed by atoms with van der Waals surface area (Å²) in [5.74, 6) is 2.20. The molecular formula is C21H27FO. The Bertz CT molecular complexity index is 661. The zero-order valence-electron chi connectivity index (χ0n) is 14.4. The third-order valence-corrected chi connectivity index (χ3v) is 8.31. The van der Waals surface area contributed by atoms with Crippen molar-refractivity contribution < 1.29 is 9.18 Å². The lowest BCUT2D eigenvalue weighted by atomic mass is 9.47. The van der Waals surface area contributed by atoms with E-state index in [1.54, 1.807) is 0 Å². The first-order chi connectivity index (χ1) is 10.9. The number of halogens is 1. The number of fused-ring (bicyclic) bond motifs is 7. The van der Waals surface area contributed by atoms with Gasteiger partial charge in [-0.1, -0.05) is 31.6 Å². The van der Waals surface area contributed by atoms with Crippen LogP contribution < -0.4 is 0 Å². The SMILES string of the molecule is CC1=CC2=CCC3C([C@@H](F)C[C@]4(C)C(=O)[C@H]5C[C@H]5C34)[C@@]2(C)CC1. The summed E-state index contributed by atoms with van der Waals surface area (Å²) in [4.78, 5) is 12.7. The third-order valence-electron chi connectivity index (χ3n) is 8.31. The summed E-state index contributed by atoms with van der Waals surface area (Å²) in [7, 11) is 0. The maximum absolute atomic E-state index is 15.4. The summed E-state index contributed by atoms with van der Waals surface area (Å²) in [6.07, 6.45) is 8.62. The number of ketones is 1. The first-order valence-corrected chi connectivity index (χ1v) is 9.42. The first kappa shape index (κ1) is 14.4. The van der Waals surface area contributed by atoms with E-state index < -0.39 is 6.17 Å². The molecule has 0 spiro atoms. The van der Waals surface area contributed by atoms with Crippen LogP contribution in [0.4, 0.5) is 4.39 Å². The Morgan fingerprint density at radius 2 is 1.96 bits per heavy atom. The second kappa shape index (κ2) is 4.18. The number of hydrogen-bond donors (Lipinski definition) is 0. The average molecular weight is 314 g/mol. The second-order valence-corrected chi connectivity index (χ2v) is 9.53. The second-order valence-electron chi connectivity index (χ2n) is 9.53. The summed E-state index contributed by atoms with van der Waals surface area (Å²) in [5.41, 5.74) is 2.43. The molecule has 0 heterocycles. The van der Waals surface area contributed by atoms with Gasteiger partial charge >= 0.3 is 0 Å². The van der Waals surface area contributed by atoms with Crippen LogP contribution in [-0.2, 0) is 4.79 Å². The summed E-state index contributed by atoms with van der Waals surface area (Å²) in [5, 5.41) is 0. The molecule has 5 rings (SSSR count). The molecular weight excluding hydrogens is 287 g/mol. The van der Waals surface area contributed by atoms with Gasteiger partial charge in [-0.05, 0) is 67.8 Å². The fourth-order valence-electron chi connectivity index (χ4n) is 7.21. The number of Topliss-reactive ketones (excluding diaryl/α,β-unsaturated/α-hetero) is 1. The van der Waals surface area contributed by atoms with Crippen LogP contribution in [-0.4, -0.2) is 12.0 Å². The van der Waals surface area contributed by atoms with E-state index in [-0.39, 0.29) is 22.7 Å². The summed E-state index contributed by atoms with van der Waals surface area (Å²) < 4.78 is 15.4. The molecule has 3 unspecified atom stereocenters. The molecule has 0 radical (unpaired) electrons.